The van der Waals surface area contributed by atoms with E-state index in [-0.39, 0.29) is 13.2 Å². The van der Waals surface area contributed by atoms with Gasteiger partial charge >= 0.3 is 12.0 Å². The molecule has 8 heteroatoms. The number of hydrogen-bond donors (Lipinski definition) is 2. The molecule has 2 amide bonds. The number of hydrogen-bond acceptors (Lipinski definition) is 3. The van der Waals surface area contributed by atoms with E-state index < -0.39 is 18.5 Å². The van der Waals surface area contributed by atoms with Crippen LogP contribution in [-0.2, 0) is 9.53 Å². The Balaban J connectivity index is 2.78. The highest BCUT2D eigenvalue weighted by Gasteiger charge is 2.17. The fourth-order valence-corrected chi connectivity index (χ4v) is 1.92. The van der Waals surface area contributed by atoms with E-state index in [4.69, 9.17) is 21.4 Å². The van der Waals surface area contributed by atoms with Gasteiger partial charge in [-0.1, -0.05) is 11.6 Å². The number of amides is 2. The average molecular weight is 366 g/mol. The van der Waals surface area contributed by atoms with Gasteiger partial charge in [0, 0.05) is 23.1 Å². The van der Waals surface area contributed by atoms with E-state index in [1.54, 1.807) is 18.2 Å². The molecule has 0 saturated heterocycles. The lowest BCUT2D eigenvalue weighted by Gasteiger charge is -2.21. The van der Waals surface area contributed by atoms with Gasteiger partial charge in [-0.3, -0.25) is 4.79 Å². The van der Waals surface area contributed by atoms with Crippen LogP contribution in [0.4, 0.5) is 10.5 Å². The van der Waals surface area contributed by atoms with Crippen LogP contribution in [0.25, 0.3) is 0 Å². The first-order valence-electron chi connectivity index (χ1n) is 5.65. The molecule has 6 nitrogen and oxygen atoms in total. The maximum absolute atomic E-state index is 12.0. The molecule has 1 aromatic carbocycles. The van der Waals surface area contributed by atoms with Crippen LogP contribution >= 0.6 is 27.5 Å². The van der Waals surface area contributed by atoms with E-state index in [0.717, 1.165) is 4.90 Å². The van der Waals surface area contributed by atoms with E-state index >= 15 is 0 Å². The van der Waals surface area contributed by atoms with Gasteiger partial charge in [-0.2, -0.15) is 0 Å². The highest BCUT2D eigenvalue weighted by Crippen LogP contribution is 2.26. The van der Waals surface area contributed by atoms with Crippen LogP contribution in [-0.4, -0.2) is 48.8 Å². The molecule has 0 radical (unpaired) electrons. The van der Waals surface area contributed by atoms with Gasteiger partial charge in [0.2, 0.25) is 0 Å². The Labute approximate surface area is 129 Å². The van der Waals surface area contributed by atoms with Gasteiger partial charge < -0.3 is 20.1 Å². The molecule has 0 fully saturated rings. The highest BCUT2D eigenvalue weighted by molar-refractivity contribution is 9.10. The summed E-state index contributed by atoms with van der Waals surface area (Å²) >= 11 is 9.13. The van der Waals surface area contributed by atoms with Crippen molar-refractivity contribution in [1.82, 2.24) is 4.90 Å². The molecule has 0 aliphatic heterocycles. The van der Waals surface area contributed by atoms with Gasteiger partial charge in [0.1, 0.15) is 6.54 Å². The van der Waals surface area contributed by atoms with E-state index in [1.807, 2.05) is 0 Å². The number of anilines is 1. The molecule has 1 aromatic rings. The van der Waals surface area contributed by atoms with E-state index in [1.165, 1.54) is 7.11 Å². The number of nitrogens with zero attached hydrogens (tertiary/aromatic N) is 1. The van der Waals surface area contributed by atoms with Crippen LogP contribution in [0.5, 0.6) is 0 Å². The molecule has 0 unspecified atom stereocenters. The van der Waals surface area contributed by atoms with Crippen molar-refractivity contribution < 1.29 is 19.4 Å². The van der Waals surface area contributed by atoms with Gasteiger partial charge in [-0.15, -0.1) is 0 Å². The Kier molecular flexibility index (Phi) is 6.77. The van der Waals surface area contributed by atoms with Gasteiger partial charge in [0.05, 0.1) is 12.3 Å². The zero-order valence-corrected chi connectivity index (χ0v) is 13.1. The maximum atomic E-state index is 12.0. The summed E-state index contributed by atoms with van der Waals surface area (Å²) in [7, 11) is 1.48. The third-order valence-corrected chi connectivity index (χ3v) is 3.28. The third kappa shape index (κ3) is 5.36. The standard InChI is InChI=1S/C12H14BrClN2O4/c1-20-5-4-16(7-11(17)18)12(19)15-10-6-8(14)2-3-9(10)13/h2-3,6H,4-5,7H2,1H3,(H,15,19)(H,17,18). The molecule has 2 N–H and O–H groups in total. The second kappa shape index (κ2) is 8.08. The minimum atomic E-state index is -1.10. The summed E-state index contributed by atoms with van der Waals surface area (Å²) in [5.74, 6) is -1.10. The van der Waals surface area contributed by atoms with E-state index in [0.29, 0.717) is 15.2 Å². The van der Waals surface area contributed by atoms with Crippen LogP contribution in [0, 0.1) is 0 Å². The van der Waals surface area contributed by atoms with Crippen molar-refractivity contribution in [2.75, 3.05) is 32.1 Å². The molecule has 0 heterocycles. The number of carboxylic acids is 1. The number of rotatable bonds is 6. The molecule has 0 aliphatic rings. The topological polar surface area (TPSA) is 78.9 Å². The second-order valence-electron chi connectivity index (χ2n) is 3.86. The number of benzene rings is 1. The van der Waals surface area contributed by atoms with Gasteiger partial charge in [0.25, 0.3) is 0 Å². The van der Waals surface area contributed by atoms with Crippen molar-refractivity contribution in [3.8, 4) is 0 Å². The van der Waals surface area contributed by atoms with Crippen LogP contribution in [0.1, 0.15) is 0 Å². The highest BCUT2D eigenvalue weighted by atomic mass is 79.9. The van der Waals surface area contributed by atoms with Crippen LogP contribution in [0.15, 0.2) is 22.7 Å². The van der Waals surface area contributed by atoms with Crippen molar-refractivity contribution in [2.45, 2.75) is 0 Å². The Morgan fingerprint density at radius 3 is 2.80 bits per heavy atom. The van der Waals surface area contributed by atoms with Gasteiger partial charge in [-0.25, -0.2) is 4.79 Å². The first-order valence-corrected chi connectivity index (χ1v) is 6.83. The normalized spacial score (nSPS) is 10.2. The molecule has 0 saturated carbocycles. The Bertz CT molecular complexity index is 498. The summed E-state index contributed by atoms with van der Waals surface area (Å²) in [5, 5.41) is 11.9. The molecule has 0 spiro atoms. The lowest BCUT2D eigenvalue weighted by Crippen LogP contribution is -2.40. The molecule has 1 rings (SSSR count). The number of ether oxygens (including phenoxy) is 1. The second-order valence-corrected chi connectivity index (χ2v) is 5.15. The fourth-order valence-electron chi connectivity index (χ4n) is 1.40. The quantitative estimate of drug-likeness (QED) is 0.812. The van der Waals surface area contributed by atoms with Crippen molar-refractivity contribution in [2.24, 2.45) is 0 Å². The molecule has 0 bridgehead atoms. The van der Waals surface area contributed by atoms with Crippen molar-refractivity contribution in [3.05, 3.63) is 27.7 Å². The monoisotopic (exact) mass is 364 g/mol. The minimum absolute atomic E-state index is 0.173. The fraction of sp³-hybridized carbons (Fsp3) is 0.333. The van der Waals surface area contributed by atoms with Crippen molar-refractivity contribution in [1.29, 1.82) is 0 Å². The summed E-state index contributed by atoms with van der Waals surface area (Å²) in [6, 6.07) is 4.39. The molecule has 0 aliphatic carbocycles. The summed E-state index contributed by atoms with van der Waals surface area (Å²) in [5.41, 5.74) is 0.468. The summed E-state index contributed by atoms with van der Waals surface area (Å²) < 4.78 is 5.50. The summed E-state index contributed by atoms with van der Waals surface area (Å²) in [4.78, 5) is 23.9. The predicted octanol–water partition coefficient (Wildman–Crippen LogP) is 2.67. The molecular formula is C12H14BrClN2O4. The van der Waals surface area contributed by atoms with E-state index in [2.05, 4.69) is 21.2 Å². The Morgan fingerprint density at radius 1 is 1.50 bits per heavy atom. The SMILES string of the molecule is COCCN(CC(=O)O)C(=O)Nc1cc(Cl)ccc1Br. The lowest BCUT2D eigenvalue weighted by atomic mass is 10.3. The number of carbonyl (C=O) groups excluding carboxylic acids is 1. The number of carbonyl (C=O) groups is 2. The average Bonchev–Trinajstić information content (AvgIpc) is 2.38. The number of nitrogens with one attached hydrogen (secondary N) is 1. The predicted molar refractivity (Wildman–Crippen MR) is 79.3 cm³/mol. The van der Waals surface area contributed by atoms with Crippen molar-refractivity contribution in [3.63, 3.8) is 0 Å². The molecular weight excluding hydrogens is 351 g/mol. The number of carboxylic acid groups (broad SMARTS) is 1. The number of aliphatic carboxylic acids is 1. The smallest absolute Gasteiger partial charge is 0.323 e. The molecule has 110 valence electrons. The lowest BCUT2D eigenvalue weighted by molar-refractivity contribution is -0.137. The number of urea groups is 1. The zero-order chi connectivity index (χ0) is 15.1. The Morgan fingerprint density at radius 2 is 2.20 bits per heavy atom. The summed E-state index contributed by atoms with van der Waals surface area (Å²) in [6.45, 7) is 0.0115. The van der Waals surface area contributed by atoms with Crippen LogP contribution in [0.2, 0.25) is 5.02 Å². The summed E-state index contributed by atoms with van der Waals surface area (Å²) in [6.07, 6.45) is 0. The third-order valence-electron chi connectivity index (χ3n) is 2.35. The largest absolute Gasteiger partial charge is 0.480 e. The molecule has 0 aromatic heterocycles. The molecule has 20 heavy (non-hydrogen) atoms. The van der Waals surface area contributed by atoms with Crippen LogP contribution < -0.4 is 5.32 Å². The molecule has 0 atom stereocenters. The zero-order valence-electron chi connectivity index (χ0n) is 10.7. The first-order chi connectivity index (χ1) is 9.43. The minimum Gasteiger partial charge on any atom is -0.480 e. The Hall–Kier alpha value is -1.31. The van der Waals surface area contributed by atoms with Gasteiger partial charge in [-0.05, 0) is 34.1 Å². The number of halogens is 2. The van der Waals surface area contributed by atoms with E-state index in [9.17, 15) is 9.59 Å². The van der Waals surface area contributed by atoms with Gasteiger partial charge in [0.15, 0.2) is 0 Å². The first kappa shape index (κ1) is 16.7. The number of methoxy groups -OCH3 is 1. The van der Waals surface area contributed by atoms with Crippen LogP contribution in [0.3, 0.4) is 0 Å². The van der Waals surface area contributed by atoms with Crippen molar-refractivity contribution >= 4 is 45.2 Å². The maximum Gasteiger partial charge on any atom is 0.323 e.